The van der Waals surface area contributed by atoms with E-state index in [1.54, 1.807) is 39.5 Å². The largest absolute Gasteiger partial charge is 0.466 e. The lowest BCUT2D eigenvalue weighted by Gasteiger charge is -2.38. The van der Waals surface area contributed by atoms with Crippen molar-refractivity contribution in [3.05, 3.63) is 35.4 Å². The molecule has 214 valence electrons. The molecule has 3 atom stereocenters. The van der Waals surface area contributed by atoms with E-state index in [2.05, 4.69) is 24.5 Å². The molecule has 0 aromatic heterocycles. The van der Waals surface area contributed by atoms with Gasteiger partial charge in [0.15, 0.2) is 0 Å². The third-order valence-electron chi connectivity index (χ3n) is 5.85. The van der Waals surface area contributed by atoms with Gasteiger partial charge in [-0.1, -0.05) is 43.7 Å². The summed E-state index contributed by atoms with van der Waals surface area (Å²) in [5.41, 5.74) is 0.930. The van der Waals surface area contributed by atoms with Gasteiger partial charge in [0.2, 0.25) is 11.8 Å². The molecule has 3 unspecified atom stereocenters. The van der Waals surface area contributed by atoms with Gasteiger partial charge in [0.05, 0.1) is 13.0 Å². The Kier molecular flexibility index (Phi) is 13.3. The van der Waals surface area contributed by atoms with Crippen LogP contribution in [0.3, 0.4) is 0 Å². The molecule has 9 heteroatoms. The Labute approximate surface area is 228 Å². The summed E-state index contributed by atoms with van der Waals surface area (Å²) in [4.78, 5) is 53.3. The fourth-order valence-corrected chi connectivity index (χ4v) is 3.89. The molecule has 0 fully saturated rings. The molecular weight excluding hydrogens is 486 g/mol. The Balaban J connectivity index is 3.36. The molecule has 1 aromatic rings. The zero-order valence-electron chi connectivity index (χ0n) is 24.6. The van der Waals surface area contributed by atoms with Crippen molar-refractivity contribution in [2.45, 2.75) is 105 Å². The monoisotopic (exact) mass is 533 g/mol. The molecule has 38 heavy (non-hydrogen) atoms. The lowest BCUT2D eigenvalue weighted by atomic mass is 9.97. The van der Waals surface area contributed by atoms with Crippen molar-refractivity contribution in [1.82, 2.24) is 15.5 Å². The van der Waals surface area contributed by atoms with Crippen molar-refractivity contribution in [2.24, 2.45) is 5.92 Å². The Hall–Kier alpha value is -3.10. The molecule has 9 nitrogen and oxygen atoms in total. The number of rotatable bonds is 13. The van der Waals surface area contributed by atoms with Crippen LogP contribution in [0.2, 0.25) is 0 Å². The smallest absolute Gasteiger partial charge is 0.408 e. The number of alkyl carbamates (subject to hydrolysis) is 1. The lowest BCUT2D eigenvalue weighted by molar-refractivity contribution is -0.145. The van der Waals surface area contributed by atoms with Crippen LogP contribution >= 0.6 is 0 Å². The summed E-state index contributed by atoms with van der Waals surface area (Å²) < 4.78 is 10.3. The average molecular weight is 534 g/mol. The SMILES string of the molecule is CCOC(=O)CCNC(=O)C(c1ccc(C)cc1)N(C(=O)C(C)NC(=O)OC(C)(C)C)C(C)CCC(C)C. The first-order chi connectivity index (χ1) is 17.7. The molecule has 1 rings (SSSR count). The second-order valence-electron chi connectivity index (χ2n) is 11.1. The van der Waals surface area contributed by atoms with Crippen LogP contribution in [0.1, 0.15) is 91.8 Å². The summed E-state index contributed by atoms with van der Waals surface area (Å²) in [7, 11) is 0. The number of amides is 3. The number of benzene rings is 1. The highest BCUT2D eigenvalue weighted by molar-refractivity contribution is 5.92. The fraction of sp³-hybridized carbons (Fsp3) is 0.655. The van der Waals surface area contributed by atoms with Gasteiger partial charge in [0.1, 0.15) is 17.7 Å². The number of hydrogen-bond donors (Lipinski definition) is 2. The molecule has 0 aliphatic carbocycles. The van der Waals surface area contributed by atoms with Crippen LogP contribution in [0.15, 0.2) is 24.3 Å². The summed E-state index contributed by atoms with van der Waals surface area (Å²) in [5, 5.41) is 5.42. The predicted octanol–water partition coefficient (Wildman–Crippen LogP) is 4.67. The molecule has 0 saturated carbocycles. The van der Waals surface area contributed by atoms with Crippen LogP contribution in [0.25, 0.3) is 0 Å². The average Bonchev–Trinajstić information content (AvgIpc) is 2.80. The van der Waals surface area contributed by atoms with Crippen LogP contribution in [0.5, 0.6) is 0 Å². The number of carbonyl (C=O) groups excluding carboxylic acids is 4. The quantitative estimate of drug-likeness (QED) is 0.356. The van der Waals surface area contributed by atoms with E-state index in [1.165, 1.54) is 0 Å². The van der Waals surface area contributed by atoms with Crippen molar-refractivity contribution in [1.29, 1.82) is 0 Å². The van der Waals surface area contributed by atoms with Gasteiger partial charge in [-0.05, 0) is 72.8 Å². The van der Waals surface area contributed by atoms with Crippen LogP contribution in [-0.2, 0) is 23.9 Å². The van der Waals surface area contributed by atoms with Gasteiger partial charge in [0.25, 0.3) is 0 Å². The highest BCUT2D eigenvalue weighted by Crippen LogP contribution is 2.28. The molecular formula is C29H47N3O6. The van der Waals surface area contributed by atoms with E-state index in [4.69, 9.17) is 9.47 Å². The van der Waals surface area contributed by atoms with Crippen molar-refractivity contribution in [2.75, 3.05) is 13.2 Å². The third-order valence-corrected chi connectivity index (χ3v) is 5.85. The summed E-state index contributed by atoms with van der Waals surface area (Å²) >= 11 is 0. The second kappa shape index (κ2) is 15.3. The van der Waals surface area contributed by atoms with Crippen molar-refractivity contribution >= 4 is 23.9 Å². The molecule has 0 aliphatic rings. The molecule has 0 heterocycles. The van der Waals surface area contributed by atoms with Crippen LogP contribution < -0.4 is 10.6 Å². The molecule has 1 aromatic carbocycles. The predicted molar refractivity (Wildman–Crippen MR) is 147 cm³/mol. The minimum atomic E-state index is -0.963. The molecule has 0 spiro atoms. The van der Waals surface area contributed by atoms with Gasteiger partial charge in [-0.2, -0.15) is 0 Å². The number of nitrogens with zero attached hydrogens (tertiary/aromatic N) is 1. The highest BCUT2D eigenvalue weighted by atomic mass is 16.6. The van der Waals surface area contributed by atoms with Gasteiger partial charge in [0, 0.05) is 12.6 Å². The first-order valence-electron chi connectivity index (χ1n) is 13.5. The van der Waals surface area contributed by atoms with Crippen molar-refractivity contribution in [3.8, 4) is 0 Å². The fourth-order valence-electron chi connectivity index (χ4n) is 3.89. The second-order valence-corrected chi connectivity index (χ2v) is 11.1. The number of carbonyl (C=O) groups is 4. The van der Waals surface area contributed by atoms with Gasteiger partial charge in [-0.3, -0.25) is 14.4 Å². The first kappa shape index (κ1) is 32.9. The molecule has 3 amide bonds. The minimum Gasteiger partial charge on any atom is -0.466 e. The highest BCUT2D eigenvalue weighted by Gasteiger charge is 2.37. The van der Waals surface area contributed by atoms with Crippen LogP contribution in [0, 0.1) is 12.8 Å². The standard InChI is InChI=1S/C29H47N3O6/c1-10-37-24(33)17-18-30-26(34)25(23-15-12-20(4)13-16-23)32(21(5)14-11-19(2)3)27(35)22(6)31-28(36)38-29(7,8)9/h12-13,15-16,19,21-22,25H,10-11,14,17-18H2,1-9H3,(H,30,34)(H,31,36). The van der Waals surface area contributed by atoms with E-state index < -0.39 is 41.6 Å². The Morgan fingerprint density at radius 2 is 1.58 bits per heavy atom. The van der Waals surface area contributed by atoms with Crippen LogP contribution in [0.4, 0.5) is 4.79 Å². The van der Waals surface area contributed by atoms with Crippen LogP contribution in [-0.4, -0.2) is 59.6 Å². The maximum absolute atomic E-state index is 13.9. The maximum atomic E-state index is 13.9. The van der Waals surface area contributed by atoms with Crippen molar-refractivity contribution in [3.63, 3.8) is 0 Å². The molecule has 0 radical (unpaired) electrons. The van der Waals surface area contributed by atoms with E-state index in [9.17, 15) is 19.2 Å². The lowest BCUT2D eigenvalue weighted by Crippen LogP contribution is -2.54. The normalized spacial score (nSPS) is 13.7. The summed E-state index contributed by atoms with van der Waals surface area (Å²) in [6.07, 6.45) is 0.831. The number of nitrogens with one attached hydrogen (secondary N) is 2. The van der Waals surface area contributed by atoms with Gasteiger partial charge in [-0.25, -0.2) is 4.79 Å². The van der Waals surface area contributed by atoms with E-state index >= 15 is 0 Å². The molecule has 2 N–H and O–H groups in total. The van der Waals surface area contributed by atoms with Gasteiger partial charge < -0.3 is 25.0 Å². The maximum Gasteiger partial charge on any atom is 0.408 e. The zero-order valence-corrected chi connectivity index (χ0v) is 24.6. The van der Waals surface area contributed by atoms with Gasteiger partial charge in [-0.15, -0.1) is 0 Å². The third kappa shape index (κ3) is 11.5. The topological polar surface area (TPSA) is 114 Å². The Morgan fingerprint density at radius 3 is 2.11 bits per heavy atom. The summed E-state index contributed by atoms with van der Waals surface area (Å²) in [6.45, 7) is 16.9. The minimum absolute atomic E-state index is 0.0215. The Morgan fingerprint density at radius 1 is 0.974 bits per heavy atom. The first-order valence-corrected chi connectivity index (χ1v) is 13.5. The number of hydrogen-bond acceptors (Lipinski definition) is 6. The molecule has 0 bridgehead atoms. The van der Waals surface area contributed by atoms with Crippen molar-refractivity contribution < 1.29 is 28.7 Å². The van der Waals surface area contributed by atoms with E-state index in [1.807, 2.05) is 38.1 Å². The summed E-state index contributed by atoms with van der Waals surface area (Å²) in [6, 6.07) is 5.21. The number of esters is 1. The van der Waals surface area contributed by atoms with E-state index in [-0.39, 0.29) is 25.6 Å². The van der Waals surface area contributed by atoms with E-state index in [0.717, 1.165) is 12.0 Å². The number of aryl methyl sites for hydroxylation is 1. The van der Waals surface area contributed by atoms with E-state index in [0.29, 0.717) is 17.9 Å². The summed E-state index contributed by atoms with van der Waals surface area (Å²) in [5.74, 6) is -0.818. The molecule has 0 aliphatic heterocycles. The van der Waals surface area contributed by atoms with Gasteiger partial charge >= 0.3 is 12.1 Å². The number of ether oxygens (including phenoxy) is 2. The Bertz CT molecular complexity index is 923. The zero-order chi connectivity index (χ0) is 29.0. The molecule has 0 saturated heterocycles.